The Morgan fingerprint density at radius 2 is 2.05 bits per heavy atom. The Bertz CT molecular complexity index is 661. The van der Waals surface area contributed by atoms with Gasteiger partial charge in [-0.15, -0.1) is 0 Å². The van der Waals surface area contributed by atoms with E-state index >= 15 is 0 Å². The molecule has 0 saturated heterocycles. The van der Waals surface area contributed by atoms with Gasteiger partial charge in [0.05, 0.1) is 19.1 Å². The number of benzene rings is 2. The highest BCUT2D eigenvalue weighted by Gasteiger charge is 2.27. The summed E-state index contributed by atoms with van der Waals surface area (Å²) in [5, 5.41) is 0. The predicted octanol–water partition coefficient (Wildman–Crippen LogP) is 3.71. The molecule has 0 radical (unpaired) electrons. The van der Waals surface area contributed by atoms with Crippen LogP contribution in [0.1, 0.15) is 34.0 Å². The molecule has 0 saturated carbocycles. The normalized spacial score (nSPS) is 17.3. The lowest BCUT2D eigenvalue weighted by atomic mass is 9.95. The Morgan fingerprint density at radius 3 is 2.85 bits per heavy atom. The van der Waals surface area contributed by atoms with Crippen LogP contribution in [0.3, 0.4) is 0 Å². The summed E-state index contributed by atoms with van der Waals surface area (Å²) in [6.07, 6.45) is 0.122. The van der Waals surface area contributed by atoms with Crippen LogP contribution in [0, 0.1) is 6.92 Å². The second-order valence-electron chi connectivity index (χ2n) is 5.01. The van der Waals surface area contributed by atoms with Crippen molar-refractivity contribution >= 4 is 5.78 Å². The van der Waals surface area contributed by atoms with E-state index in [1.54, 1.807) is 7.11 Å². The molecule has 0 N–H and O–H groups in total. The molecule has 2 aromatic carbocycles. The first-order valence-electron chi connectivity index (χ1n) is 6.62. The molecule has 0 bridgehead atoms. The van der Waals surface area contributed by atoms with E-state index in [-0.39, 0.29) is 11.9 Å². The molecule has 0 spiro atoms. The van der Waals surface area contributed by atoms with Crippen LogP contribution in [0.5, 0.6) is 11.5 Å². The summed E-state index contributed by atoms with van der Waals surface area (Å²) in [4.78, 5) is 12.3. The van der Waals surface area contributed by atoms with E-state index in [0.29, 0.717) is 17.7 Å². The van der Waals surface area contributed by atoms with E-state index in [2.05, 4.69) is 0 Å². The van der Waals surface area contributed by atoms with Crippen LogP contribution < -0.4 is 9.47 Å². The molecule has 1 aliphatic heterocycles. The molecule has 1 heterocycles. The molecule has 1 aliphatic rings. The van der Waals surface area contributed by atoms with Crippen LogP contribution >= 0.6 is 0 Å². The van der Waals surface area contributed by atoms with Gasteiger partial charge < -0.3 is 9.47 Å². The summed E-state index contributed by atoms with van der Waals surface area (Å²) in [6.45, 7) is 1.97. The molecule has 102 valence electrons. The van der Waals surface area contributed by atoms with Gasteiger partial charge in [-0.25, -0.2) is 0 Å². The van der Waals surface area contributed by atoms with Crippen LogP contribution in [-0.2, 0) is 0 Å². The van der Waals surface area contributed by atoms with Crippen LogP contribution in [-0.4, -0.2) is 12.9 Å². The molecule has 2 aromatic rings. The molecule has 3 nitrogen and oxygen atoms in total. The predicted molar refractivity (Wildman–Crippen MR) is 76.5 cm³/mol. The van der Waals surface area contributed by atoms with Crippen LogP contribution in [0.25, 0.3) is 0 Å². The number of rotatable bonds is 2. The Kier molecular flexibility index (Phi) is 3.18. The van der Waals surface area contributed by atoms with Gasteiger partial charge >= 0.3 is 0 Å². The number of ketones is 1. The van der Waals surface area contributed by atoms with Crippen molar-refractivity contribution in [1.29, 1.82) is 0 Å². The number of ether oxygens (including phenoxy) is 2. The van der Waals surface area contributed by atoms with Gasteiger partial charge in [0, 0.05) is 0 Å². The highest BCUT2D eigenvalue weighted by atomic mass is 16.5. The van der Waals surface area contributed by atoms with Gasteiger partial charge in [-0.3, -0.25) is 4.79 Å². The number of Topliss-reactive ketones (excluding diaryl/α,β-unsaturated/α-hetero) is 1. The van der Waals surface area contributed by atoms with E-state index < -0.39 is 0 Å². The second kappa shape index (κ2) is 5.00. The summed E-state index contributed by atoms with van der Waals surface area (Å²) in [5.74, 6) is 1.57. The van der Waals surface area contributed by atoms with Gasteiger partial charge in [0.1, 0.15) is 17.6 Å². The Balaban J connectivity index is 1.94. The van der Waals surface area contributed by atoms with Crippen molar-refractivity contribution < 1.29 is 14.3 Å². The van der Waals surface area contributed by atoms with Gasteiger partial charge in [0.2, 0.25) is 0 Å². The molecule has 3 rings (SSSR count). The van der Waals surface area contributed by atoms with Crippen molar-refractivity contribution in [2.24, 2.45) is 0 Å². The maximum absolute atomic E-state index is 12.3. The van der Waals surface area contributed by atoms with E-state index in [1.165, 1.54) is 0 Å². The lowest BCUT2D eigenvalue weighted by molar-refractivity contribution is 0.0849. The number of carbonyl (C=O) groups is 1. The Morgan fingerprint density at radius 1 is 1.20 bits per heavy atom. The monoisotopic (exact) mass is 268 g/mol. The average Bonchev–Trinajstić information content (AvgIpc) is 2.48. The molecule has 0 unspecified atom stereocenters. The first-order valence-corrected chi connectivity index (χ1v) is 6.62. The minimum Gasteiger partial charge on any atom is -0.497 e. The number of hydrogen-bond donors (Lipinski definition) is 0. The number of aryl methyl sites for hydroxylation is 1. The van der Waals surface area contributed by atoms with Crippen molar-refractivity contribution in [3.8, 4) is 11.5 Å². The standard InChI is InChI=1S/C17H16O3/c1-11-6-7-16-14(8-11)15(18)10-17(20-16)12-4-3-5-13(9-12)19-2/h3-9,17H,10H2,1-2H3/t17-/m1/s1. The average molecular weight is 268 g/mol. The Labute approximate surface area is 118 Å². The van der Waals surface area contributed by atoms with Crippen LogP contribution in [0.2, 0.25) is 0 Å². The molecule has 0 aliphatic carbocycles. The summed E-state index contributed by atoms with van der Waals surface area (Å²) in [6, 6.07) is 13.4. The van der Waals surface area contributed by atoms with Crippen molar-refractivity contribution in [2.45, 2.75) is 19.4 Å². The third-order valence-electron chi connectivity index (χ3n) is 3.54. The highest BCUT2D eigenvalue weighted by molar-refractivity contribution is 6.00. The summed E-state index contributed by atoms with van der Waals surface area (Å²) < 4.78 is 11.2. The van der Waals surface area contributed by atoms with Gasteiger partial charge in [-0.1, -0.05) is 23.8 Å². The fraction of sp³-hybridized carbons (Fsp3) is 0.235. The van der Waals surface area contributed by atoms with Crippen LogP contribution in [0.15, 0.2) is 42.5 Å². The van der Waals surface area contributed by atoms with Crippen molar-refractivity contribution in [1.82, 2.24) is 0 Å². The molecular weight excluding hydrogens is 252 g/mol. The molecule has 0 aromatic heterocycles. The maximum atomic E-state index is 12.3. The number of fused-ring (bicyclic) bond motifs is 1. The molecule has 0 fully saturated rings. The fourth-order valence-electron chi connectivity index (χ4n) is 2.47. The van der Waals surface area contributed by atoms with E-state index in [4.69, 9.17) is 9.47 Å². The van der Waals surface area contributed by atoms with Crippen molar-refractivity contribution in [2.75, 3.05) is 7.11 Å². The first kappa shape index (κ1) is 12.7. The third-order valence-corrected chi connectivity index (χ3v) is 3.54. The molecule has 1 atom stereocenters. The summed E-state index contributed by atoms with van der Waals surface area (Å²) in [5.41, 5.74) is 2.72. The van der Waals surface area contributed by atoms with E-state index in [0.717, 1.165) is 16.9 Å². The quantitative estimate of drug-likeness (QED) is 0.833. The molecule has 3 heteroatoms. The lowest BCUT2D eigenvalue weighted by Crippen LogP contribution is -2.20. The number of carbonyl (C=O) groups excluding carboxylic acids is 1. The topological polar surface area (TPSA) is 35.5 Å². The van der Waals surface area contributed by atoms with Crippen molar-refractivity contribution in [3.63, 3.8) is 0 Å². The van der Waals surface area contributed by atoms with Crippen molar-refractivity contribution in [3.05, 3.63) is 59.2 Å². The molecular formula is C17H16O3. The Hall–Kier alpha value is -2.29. The zero-order chi connectivity index (χ0) is 14.1. The third kappa shape index (κ3) is 2.27. The fourth-order valence-corrected chi connectivity index (χ4v) is 2.47. The smallest absolute Gasteiger partial charge is 0.170 e. The zero-order valence-corrected chi connectivity index (χ0v) is 11.6. The van der Waals surface area contributed by atoms with Gasteiger partial charge in [-0.2, -0.15) is 0 Å². The van der Waals surface area contributed by atoms with Crippen LogP contribution in [0.4, 0.5) is 0 Å². The SMILES string of the molecule is COc1cccc([C@H]2CC(=O)c3cc(C)ccc3O2)c1. The largest absolute Gasteiger partial charge is 0.497 e. The molecule has 0 amide bonds. The summed E-state index contributed by atoms with van der Waals surface area (Å²) >= 11 is 0. The first-order chi connectivity index (χ1) is 9.67. The lowest BCUT2D eigenvalue weighted by Gasteiger charge is -2.26. The number of methoxy groups -OCH3 is 1. The van der Waals surface area contributed by atoms with Gasteiger partial charge in [0.15, 0.2) is 5.78 Å². The second-order valence-corrected chi connectivity index (χ2v) is 5.01. The minimum absolute atomic E-state index is 0.128. The maximum Gasteiger partial charge on any atom is 0.170 e. The minimum atomic E-state index is -0.243. The zero-order valence-electron chi connectivity index (χ0n) is 11.6. The van der Waals surface area contributed by atoms with E-state index in [1.807, 2.05) is 49.4 Å². The number of hydrogen-bond acceptors (Lipinski definition) is 3. The van der Waals surface area contributed by atoms with Gasteiger partial charge in [-0.05, 0) is 36.8 Å². The molecule has 20 heavy (non-hydrogen) atoms. The van der Waals surface area contributed by atoms with E-state index in [9.17, 15) is 4.79 Å². The van der Waals surface area contributed by atoms with Gasteiger partial charge in [0.25, 0.3) is 0 Å². The summed E-state index contributed by atoms with van der Waals surface area (Å²) in [7, 11) is 1.63. The highest BCUT2D eigenvalue weighted by Crippen LogP contribution is 2.36.